The molecule has 4 nitrogen and oxygen atoms in total. The van der Waals surface area contributed by atoms with Crippen molar-refractivity contribution in [2.45, 2.75) is 44.7 Å². The number of para-hydroxylation sites is 2. The van der Waals surface area contributed by atoms with Crippen LogP contribution in [0.4, 0.5) is 0 Å². The minimum Gasteiger partial charge on any atom is -0.303 e. The summed E-state index contributed by atoms with van der Waals surface area (Å²) in [5.74, 6) is 0. The highest BCUT2D eigenvalue weighted by Crippen LogP contribution is 2.26. The van der Waals surface area contributed by atoms with E-state index in [0.717, 1.165) is 55.5 Å². The summed E-state index contributed by atoms with van der Waals surface area (Å²) in [6.07, 6.45) is 5.70. The quantitative estimate of drug-likeness (QED) is 0.339. The average Bonchev–Trinajstić information content (AvgIpc) is 3.15. The van der Waals surface area contributed by atoms with Crippen LogP contribution in [0, 0.1) is 0 Å². The smallest absolute Gasteiger partial charge is 0.303 e. The second-order valence-electron chi connectivity index (χ2n) is 9.23. The van der Waals surface area contributed by atoms with Crippen LogP contribution in [0.2, 0.25) is 0 Å². The van der Waals surface area contributed by atoms with E-state index in [2.05, 4.69) is 64.1 Å². The van der Waals surface area contributed by atoms with E-state index in [0.29, 0.717) is 6.54 Å². The predicted molar refractivity (Wildman–Crippen MR) is 136 cm³/mol. The molecule has 3 aromatic carbocycles. The van der Waals surface area contributed by atoms with E-state index in [9.17, 15) is 4.79 Å². The van der Waals surface area contributed by atoms with Crippen molar-refractivity contribution < 1.29 is 0 Å². The van der Waals surface area contributed by atoms with E-state index in [4.69, 9.17) is 0 Å². The van der Waals surface area contributed by atoms with Crippen LogP contribution >= 0.6 is 0 Å². The van der Waals surface area contributed by atoms with Gasteiger partial charge in [0.15, 0.2) is 0 Å². The molecular weight excluding hydrogens is 406 g/mol. The van der Waals surface area contributed by atoms with Gasteiger partial charge in [-0.25, -0.2) is 4.79 Å². The molecule has 4 aromatic rings. The zero-order valence-corrected chi connectivity index (χ0v) is 19.3. The van der Waals surface area contributed by atoms with E-state index >= 15 is 0 Å². The molecule has 2 heterocycles. The van der Waals surface area contributed by atoms with Gasteiger partial charge in [0.1, 0.15) is 0 Å². The second-order valence-corrected chi connectivity index (χ2v) is 9.23. The number of fused-ring (bicyclic) bond motifs is 1. The molecular formula is C29H33N3O. The lowest BCUT2D eigenvalue weighted by atomic mass is 10.0. The number of likely N-dealkylation sites (tertiary alicyclic amines) is 1. The third-order valence-electron chi connectivity index (χ3n) is 7.01. The van der Waals surface area contributed by atoms with Crippen molar-refractivity contribution in [2.75, 3.05) is 19.6 Å². The Bertz CT molecular complexity index is 1220. The fourth-order valence-corrected chi connectivity index (χ4v) is 5.21. The lowest BCUT2D eigenvalue weighted by Crippen LogP contribution is -2.38. The van der Waals surface area contributed by atoms with Crippen LogP contribution in [0.15, 0.2) is 89.7 Å². The van der Waals surface area contributed by atoms with Crippen LogP contribution in [-0.2, 0) is 13.0 Å². The summed E-state index contributed by atoms with van der Waals surface area (Å²) in [4.78, 5) is 16.1. The van der Waals surface area contributed by atoms with Gasteiger partial charge in [-0.3, -0.25) is 9.13 Å². The molecule has 0 N–H and O–H groups in total. The van der Waals surface area contributed by atoms with Gasteiger partial charge in [0, 0.05) is 19.1 Å². The number of aromatic nitrogens is 2. The van der Waals surface area contributed by atoms with Crippen LogP contribution in [-0.4, -0.2) is 33.7 Å². The Morgan fingerprint density at radius 1 is 0.697 bits per heavy atom. The SMILES string of the molecule is O=c1n(Cc2ccccc2)c2ccccc2n1C1CCN(CCCCc2ccccc2)CC1. The monoisotopic (exact) mass is 439 g/mol. The second kappa shape index (κ2) is 10.2. The maximum atomic E-state index is 13.5. The van der Waals surface area contributed by atoms with E-state index < -0.39 is 0 Å². The summed E-state index contributed by atoms with van der Waals surface area (Å²) in [6.45, 7) is 3.92. The fourth-order valence-electron chi connectivity index (χ4n) is 5.21. The number of aryl methyl sites for hydroxylation is 1. The van der Waals surface area contributed by atoms with Crippen LogP contribution in [0.5, 0.6) is 0 Å². The molecule has 1 saturated heterocycles. The minimum absolute atomic E-state index is 0.126. The van der Waals surface area contributed by atoms with Crippen molar-refractivity contribution in [3.8, 4) is 0 Å². The summed E-state index contributed by atoms with van der Waals surface area (Å²) in [5, 5.41) is 0. The highest BCUT2D eigenvalue weighted by atomic mass is 16.1. The van der Waals surface area contributed by atoms with Crippen molar-refractivity contribution in [1.29, 1.82) is 0 Å². The number of hydrogen-bond donors (Lipinski definition) is 0. The van der Waals surface area contributed by atoms with Gasteiger partial charge in [0.25, 0.3) is 0 Å². The molecule has 0 spiro atoms. The van der Waals surface area contributed by atoms with E-state index in [1.807, 2.05) is 34.9 Å². The van der Waals surface area contributed by atoms with Gasteiger partial charge in [-0.1, -0.05) is 72.8 Å². The Balaban J connectivity index is 1.23. The van der Waals surface area contributed by atoms with E-state index in [1.165, 1.54) is 18.4 Å². The van der Waals surface area contributed by atoms with Crippen molar-refractivity contribution in [1.82, 2.24) is 14.0 Å². The highest BCUT2D eigenvalue weighted by Gasteiger charge is 2.25. The summed E-state index contributed by atoms with van der Waals surface area (Å²) in [5.41, 5.74) is 4.83. The number of imidazole rings is 1. The van der Waals surface area contributed by atoms with Gasteiger partial charge in [-0.2, -0.15) is 0 Å². The molecule has 5 rings (SSSR count). The first-order valence-electron chi connectivity index (χ1n) is 12.3. The highest BCUT2D eigenvalue weighted by molar-refractivity contribution is 5.76. The van der Waals surface area contributed by atoms with Gasteiger partial charge in [-0.05, 0) is 61.9 Å². The summed E-state index contributed by atoms with van der Waals surface area (Å²) in [6, 6.07) is 29.6. The molecule has 33 heavy (non-hydrogen) atoms. The molecule has 0 atom stereocenters. The van der Waals surface area contributed by atoms with E-state index in [1.54, 1.807) is 0 Å². The van der Waals surface area contributed by atoms with E-state index in [-0.39, 0.29) is 11.7 Å². The molecule has 0 unspecified atom stereocenters. The average molecular weight is 440 g/mol. The Hall–Kier alpha value is -3.11. The Labute approximate surface area is 196 Å². The molecule has 170 valence electrons. The maximum absolute atomic E-state index is 13.5. The minimum atomic E-state index is 0.126. The topological polar surface area (TPSA) is 30.2 Å². The van der Waals surface area contributed by atoms with Gasteiger partial charge in [0.05, 0.1) is 17.6 Å². The van der Waals surface area contributed by atoms with Crippen molar-refractivity contribution in [3.63, 3.8) is 0 Å². The number of unbranched alkanes of at least 4 members (excludes halogenated alkanes) is 1. The first-order valence-corrected chi connectivity index (χ1v) is 12.3. The first kappa shape index (κ1) is 21.7. The molecule has 4 heteroatoms. The maximum Gasteiger partial charge on any atom is 0.329 e. The third-order valence-corrected chi connectivity index (χ3v) is 7.01. The Kier molecular flexibility index (Phi) is 6.73. The number of benzene rings is 3. The standard InChI is InChI=1S/C29H33N3O/c33-29-31(23-25-14-5-2-6-15-25)27-16-7-8-17-28(27)32(29)26-18-21-30(22-19-26)20-10-9-13-24-11-3-1-4-12-24/h1-8,11-12,14-17,26H,9-10,13,18-23H2. The largest absolute Gasteiger partial charge is 0.329 e. The van der Waals surface area contributed by atoms with Gasteiger partial charge < -0.3 is 4.90 Å². The molecule has 0 saturated carbocycles. The van der Waals surface area contributed by atoms with Crippen LogP contribution in [0.25, 0.3) is 11.0 Å². The molecule has 1 aliphatic rings. The first-order chi connectivity index (χ1) is 16.3. The zero-order valence-electron chi connectivity index (χ0n) is 19.3. The summed E-state index contributed by atoms with van der Waals surface area (Å²) < 4.78 is 4.02. The summed E-state index contributed by atoms with van der Waals surface area (Å²) in [7, 11) is 0. The van der Waals surface area contributed by atoms with Gasteiger partial charge >= 0.3 is 5.69 Å². The van der Waals surface area contributed by atoms with Crippen molar-refractivity contribution >= 4 is 11.0 Å². The third kappa shape index (κ3) is 4.96. The number of piperidine rings is 1. The predicted octanol–water partition coefficient (Wildman–Crippen LogP) is 5.51. The number of hydrogen-bond acceptors (Lipinski definition) is 2. The van der Waals surface area contributed by atoms with Crippen molar-refractivity contribution in [3.05, 3.63) is 107 Å². The van der Waals surface area contributed by atoms with Crippen LogP contribution in [0.3, 0.4) is 0 Å². The number of rotatable bonds is 8. The molecule has 0 radical (unpaired) electrons. The molecule has 0 bridgehead atoms. The summed E-state index contributed by atoms with van der Waals surface area (Å²) >= 11 is 0. The Morgan fingerprint density at radius 2 is 1.30 bits per heavy atom. The lowest BCUT2D eigenvalue weighted by Gasteiger charge is -2.32. The normalized spacial score (nSPS) is 15.3. The van der Waals surface area contributed by atoms with Gasteiger partial charge in [0.2, 0.25) is 0 Å². The Morgan fingerprint density at radius 3 is 2.00 bits per heavy atom. The van der Waals surface area contributed by atoms with Crippen LogP contribution in [0.1, 0.15) is 42.9 Å². The zero-order chi connectivity index (χ0) is 22.5. The molecule has 1 aliphatic heterocycles. The molecule has 1 fully saturated rings. The molecule has 1 aromatic heterocycles. The fraction of sp³-hybridized carbons (Fsp3) is 0.345. The molecule has 0 amide bonds. The lowest BCUT2D eigenvalue weighted by molar-refractivity contribution is 0.183. The molecule has 0 aliphatic carbocycles. The van der Waals surface area contributed by atoms with Crippen LogP contribution < -0.4 is 5.69 Å². The van der Waals surface area contributed by atoms with Crippen molar-refractivity contribution in [2.24, 2.45) is 0 Å². The number of nitrogens with zero attached hydrogens (tertiary/aromatic N) is 3. The van der Waals surface area contributed by atoms with Gasteiger partial charge in [-0.15, -0.1) is 0 Å².